The van der Waals surface area contributed by atoms with E-state index in [0.717, 1.165) is 13.0 Å². The zero-order valence-electron chi connectivity index (χ0n) is 11.3. The highest BCUT2D eigenvalue weighted by Crippen LogP contribution is 2.24. The van der Waals surface area contributed by atoms with Gasteiger partial charge in [-0.05, 0) is 32.0 Å². The van der Waals surface area contributed by atoms with Crippen LogP contribution in [0.1, 0.15) is 16.8 Å². The highest BCUT2D eigenvalue weighted by Gasteiger charge is 2.28. The zero-order chi connectivity index (χ0) is 14.7. The van der Waals surface area contributed by atoms with Crippen molar-refractivity contribution in [3.63, 3.8) is 0 Å². The summed E-state index contributed by atoms with van der Waals surface area (Å²) in [6.07, 6.45) is 0.932. The molecule has 1 aromatic carbocycles. The molecule has 108 valence electrons. The van der Waals surface area contributed by atoms with Crippen molar-refractivity contribution in [2.24, 2.45) is 5.92 Å². The fraction of sp³-hybridized carbons (Fsp3) is 0.462. The second-order valence-electron chi connectivity index (χ2n) is 4.99. The van der Waals surface area contributed by atoms with E-state index in [2.05, 4.69) is 5.32 Å². The number of nitrogens with one attached hydrogen (secondary N) is 1. The van der Waals surface area contributed by atoms with Gasteiger partial charge in [0.15, 0.2) is 0 Å². The molecule has 20 heavy (non-hydrogen) atoms. The van der Waals surface area contributed by atoms with Crippen LogP contribution in [0.25, 0.3) is 0 Å². The Kier molecular flexibility index (Phi) is 4.19. The molecule has 0 aromatic heterocycles. The van der Waals surface area contributed by atoms with Gasteiger partial charge in [0.2, 0.25) is 0 Å². The minimum absolute atomic E-state index is 0.117. The van der Waals surface area contributed by atoms with E-state index in [-0.39, 0.29) is 22.8 Å². The number of nitrogen functional groups attached to an aromatic ring is 1. The summed E-state index contributed by atoms with van der Waals surface area (Å²) in [5.74, 6) is 0.189. The van der Waals surface area contributed by atoms with Crippen LogP contribution < -0.4 is 11.1 Å². The molecule has 7 heteroatoms. The predicted molar refractivity (Wildman–Crippen MR) is 75.4 cm³/mol. The van der Waals surface area contributed by atoms with Gasteiger partial charge in [0.25, 0.3) is 11.6 Å². The number of carbonyl (C=O) groups excluding carboxylic acids is 1. The molecule has 1 saturated heterocycles. The number of rotatable bonds is 4. The van der Waals surface area contributed by atoms with Crippen molar-refractivity contribution in [2.75, 3.05) is 32.4 Å². The second-order valence-corrected chi connectivity index (χ2v) is 4.99. The summed E-state index contributed by atoms with van der Waals surface area (Å²) in [5.41, 5.74) is 6.14. The molecule has 1 aromatic rings. The molecular formula is C13H18N4O3. The highest BCUT2D eigenvalue weighted by atomic mass is 16.6. The van der Waals surface area contributed by atoms with Crippen molar-refractivity contribution in [1.82, 2.24) is 10.2 Å². The van der Waals surface area contributed by atoms with Gasteiger partial charge in [0.1, 0.15) is 0 Å². The van der Waals surface area contributed by atoms with Crippen molar-refractivity contribution in [3.8, 4) is 0 Å². The minimum atomic E-state index is -0.524. The van der Waals surface area contributed by atoms with E-state index >= 15 is 0 Å². The second kappa shape index (κ2) is 5.87. The van der Waals surface area contributed by atoms with Gasteiger partial charge in [-0.3, -0.25) is 14.9 Å². The van der Waals surface area contributed by atoms with Crippen LogP contribution in [0.15, 0.2) is 18.2 Å². The summed E-state index contributed by atoms with van der Waals surface area (Å²) < 4.78 is 0. The Labute approximate surface area is 116 Å². The fourth-order valence-corrected chi connectivity index (χ4v) is 2.49. The standard InChI is InChI=1S/C13H18N4O3/c1-15-7-9-4-5-16(8-9)13(18)11-6-10(17(19)20)2-3-12(11)14/h2-3,6,9,15H,4-5,7-8,14H2,1H3. The first-order valence-electron chi connectivity index (χ1n) is 6.50. The Morgan fingerprint density at radius 2 is 2.35 bits per heavy atom. The van der Waals surface area contributed by atoms with E-state index < -0.39 is 4.92 Å². The average molecular weight is 278 g/mol. The lowest BCUT2D eigenvalue weighted by atomic mass is 10.1. The fourth-order valence-electron chi connectivity index (χ4n) is 2.49. The van der Waals surface area contributed by atoms with Crippen molar-refractivity contribution in [3.05, 3.63) is 33.9 Å². The van der Waals surface area contributed by atoms with E-state index in [4.69, 9.17) is 5.73 Å². The summed E-state index contributed by atoms with van der Waals surface area (Å²) in [5, 5.41) is 13.9. The normalized spacial score (nSPS) is 18.2. The lowest BCUT2D eigenvalue weighted by Crippen LogP contribution is -2.30. The van der Waals surface area contributed by atoms with Crippen molar-refractivity contribution < 1.29 is 9.72 Å². The number of hydrogen-bond acceptors (Lipinski definition) is 5. The van der Waals surface area contributed by atoms with Gasteiger partial charge in [-0.25, -0.2) is 0 Å². The van der Waals surface area contributed by atoms with Crippen molar-refractivity contribution >= 4 is 17.3 Å². The summed E-state index contributed by atoms with van der Waals surface area (Å²) >= 11 is 0. The summed E-state index contributed by atoms with van der Waals surface area (Å²) in [6.45, 7) is 2.17. The Hall–Kier alpha value is -2.15. The van der Waals surface area contributed by atoms with Crippen LogP contribution in [-0.2, 0) is 0 Å². The Morgan fingerprint density at radius 3 is 3.00 bits per heavy atom. The van der Waals surface area contributed by atoms with Gasteiger partial charge in [-0.1, -0.05) is 0 Å². The molecule has 3 N–H and O–H groups in total. The number of nitrogens with zero attached hydrogens (tertiary/aromatic N) is 2. The number of carbonyl (C=O) groups is 1. The number of anilines is 1. The van der Waals surface area contributed by atoms with Crippen LogP contribution >= 0.6 is 0 Å². The average Bonchev–Trinajstić information content (AvgIpc) is 2.87. The Balaban J connectivity index is 2.17. The van der Waals surface area contributed by atoms with E-state index in [0.29, 0.717) is 19.0 Å². The third kappa shape index (κ3) is 2.88. The Bertz CT molecular complexity index is 532. The maximum Gasteiger partial charge on any atom is 0.270 e. The number of nitrogens with two attached hydrogens (primary N) is 1. The SMILES string of the molecule is CNCC1CCN(C(=O)c2cc([N+](=O)[O-])ccc2N)C1. The molecule has 1 unspecified atom stereocenters. The lowest BCUT2D eigenvalue weighted by molar-refractivity contribution is -0.384. The molecule has 1 fully saturated rings. The van der Waals surface area contributed by atoms with Gasteiger partial charge in [-0.15, -0.1) is 0 Å². The number of non-ortho nitro benzene ring substituents is 1. The highest BCUT2D eigenvalue weighted by molar-refractivity contribution is 5.99. The minimum Gasteiger partial charge on any atom is -0.398 e. The largest absolute Gasteiger partial charge is 0.398 e. The van der Waals surface area contributed by atoms with E-state index in [1.165, 1.54) is 18.2 Å². The zero-order valence-corrected chi connectivity index (χ0v) is 11.3. The number of hydrogen-bond donors (Lipinski definition) is 2. The molecule has 0 aliphatic carbocycles. The smallest absolute Gasteiger partial charge is 0.270 e. The van der Waals surface area contributed by atoms with Crippen molar-refractivity contribution in [2.45, 2.75) is 6.42 Å². The van der Waals surface area contributed by atoms with Crippen LogP contribution in [0.2, 0.25) is 0 Å². The molecule has 1 aliphatic rings. The maximum absolute atomic E-state index is 12.4. The van der Waals surface area contributed by atoms with Gasteiger partial charge >= 0.3 is 0 Å². The van der Waals surface area contributed by atoms with Crippen LogP contribution in [-0.4, -0.2) is 42.4 Å². The Morgan fingerprint density at radius 1 is 1.60 bits per heavy atom. The molecule has 1 heterocycles. The van der Waals surface area contributed by atoms with Crippen molar-refractivity contribution in [1.29, 1.82) is 0 Å². The monoisotopic (exact) mass is 278 g/mol. The maximum atomic E-state index is 12.4. The van der Waals surface area contributed by atoms with Gasteiger partial charge < -0.3 is 16.0 Å². The third-order valence-electron chi connectivity index (χ3n) is 3.54. The van der Waals surface area contributed by atoms with E-state index in [1.54, 1.807) is 4.90 Å². The predicted octanol–water partition coefficient (Wildman–Crippen LogP) is 0.859. The molecule has 0 saturated carbocycles. The molecule has 2 rings (SSSR count). The van der Waals surface area contributed by atoms with Gasteiger partial charge in [-0.2, -0.15) is 0 Å². The first-order valence-corrected chi connectivity index (χ1v) is 6.50. The number of likely N-dealkylation sites (tertiary alicyclic amines) is 1. The molecule has 0 spiro atoms. The van der Waals surface area contributed by atoms with Gasteiger partial charge in [0.05, 0.1) is 10.5 Å². The topological polar surface area (TPSA) is 102 Å². The molecule has 1 aliphatic heterocycles. The summed E-state index contributed by atoms with van der Waals surface area (Å²) in [6, 6.07) is 3.97. The first-order chi connectivity index (χ1) is 9.52. The number of amides is 1. The quantitative estimate of drug-likeness (QED) is 0.483. The molecule has 1 atom stereocenters. The van der Waals surface area contributed by atoms with Crippen LogP contribution in [0.5, 0.6) is 0 Å². The molecule has 7 nitrogen and oxygen atoms in total. The van der Waals surface area contributed by atoms with Crippen LogP contribution in [0.4, 0.5) is 11.4 Å². The van der Waals surface area contributed by atoms with Crippen LogP contribution in [0.3, 0.4) is 0 Å². The van der Waals surface area contributed by atoms with E-state index in [9.17, 15) is 14.9 Å². The lowest BCUT2D eigenvalue weighted by Gasteiger charge is -2.17. The van der Waals surface area contributed by atoms with Crippen LogP contribution in [0, 0.1) is 16.0 Å². The number of nitro benzene ring substituents is 1. The molecule has 0 bridgehead atoms. The number of nitro groups is 1. The molecule has 1 amide bonds. The van der Waals surface area contributed by atoms with E-state index in [1.807, 2.05) is 7.05 Å². The molecular weight excluding hydrogens is 260 g/mol. The van der Waals surface area contributed by atoms with Gasteiger partial charge in [0, 0.05) is 30.9 Å². The first kappa shape index (κ1) is 14.3. The molecule has 0 radical (unpaired) electrons. The number of benzene rings is 1. The summed E-state index contributed by atoms with van der Waals surface area (Å²) in [7, 11) is 1.88. The summed E-state index contributed by atoms with van der Waals surface area (Å²) in [4.78, 5) is 24.4. The third-order valence-corrected chi connectivity index (χ3v) is 3.54.